The second-order valence-corrected chi connectivity index (χ2v) is 8.55. The summed E-state index contributed by atoms with van der Waals surface area (Å²) in [6.07, 6.45) is 6.99. The van der Waals surface area contributed by atoms with E-state index in [1.807, 2.05) is 0 Å². The van der Waals surface area contributed by atoms with Crippen LogP contribution >= 0.6 is 0 Å². The molecule has 178 valence electrons. The summed E-state index contributed by atoms with van der Waals surface area (Å²) in [6, 6.07) is 4.08. The molecular formula is C24H31N3O6. The lowest BCUT2D eigenvalue weighted by molar-refractivity contribution is -0.150. The predicted molar refractivity (Wildman–Crippen MR) is 121 cm³/mol. The van der Waals surface area contributed by atoms with Crippen LogP contribution in [0.2, 0.25) is 0 Å². The first-order valence-corrected chi connectivity index (χ1v) is 11.5. The highest BCUT2D eigenvalue weighted by molar-refractivity contribution is 6.08. The van der Waals surface area contributed by atoms with Gasteiger partial charge in [0.1, 0.15) is 12.1 Å². The van der Waals surface area contributed by atoms with Gasteiger partial charge in [0.15, 0.2) is 6.29 Å². The number of ether oxygens (including phenoxy) is 1. The van der Waals surface area contributed by atoms with Crippen molar-refractivity contribution in [1.29, 1.82) is 0 Å². The van der Waals surface area contributed by atoms with E-state index in [1.54, 1.807) is 12.1 Å². The third-order valence-corrected chi connectivity index (χ3v) is 6.16. The molecule has 1 unspecified atom stereocenters. The topological polar surface area (TPSA) is 122 Å². The van der Waals surface area contributed by atoms with Crippen molar-refractivity contribution in [1.82, 2.24) is 10.2 Å². The molecule has 0 bridgehead atoms. The first-order chi connectivity index (χ1) is 15.9. The maximum Gasteiger partial charge on any atom is 0.306 e. The molecule has 1 atom stereocenters. The number of nitrogens with zero attached hydrogens (tertiary/aromatic N) is 1. The van der Waals surface area contributed by atoms with Crippen molar-refractivity contribution in [2.45, 2.75) is 69.9 Å². The molecule has 9 nitrogen and oxygen atoms in total. The zero-order valence-electron chi connectivity index (χ0n) is 18.9. The molecule has 1 aliphatic heterocycles. The number of imide groups is 1. The molecule has 3 rings (SSSR count). The van der Waals surface area contributed by atoms with Crippen molar-refractivity contribution in [2.24, 2.45) is 0 Å². The molecular weight excluding hydrogens is 426 g/mol. The minimum absolute atomic E-state index is 0.0236. The van der Waals surface area contributed by atoms with Gasteiger partial charge in [0.25, 0.3) is 5.91 Å². The Balaban J connectivity index is 1.60. The molecule has 1 heterocycles. The number of benzene rings is 1. The number of carbonyl (C=O) groups excluding carboxylic acids is 5. The van der Waals surface area contributed by atoms with Gasteiger partial charge in [-0.15, -0.1) is 0 Å². The normalized spacial score (nSPS) is 18.9. The Morgan fingerprint density at radius 2 is 1.94 bits per heavy atom. The summed E-state index contributed by atoms with van der Waals surface area (Å²) in [5, 5.41) is 5.38. The molecule has 1 saturated heterocycles. The van der Waals surface area contributed by atoms with E-state index in [0.717, 1.165) is 25.7 Å². The van der Waals surface area contributed by atoms with Crippen LogP contribution in [0.25, 0.3) is 0 Å². The summed E-state index contributed by atoms with van der Waals surface area (Å²) in [7, 11) is 1.48. The van der Waals surface area contributed by atoms with Gasteiger partial charge in [-0.2, -0.15) is 0 Å². The standard InChI is InChI=1S/C24H31N3O6/c1-27(19-12-13-20(29)26-23(19)31)24(32)22-16(15-28)7-5-10-18(22)25-14-6-11-21(30)33-17-8-3-2-4-9-17/h5,7,10,15,17,19,25H,2-4,6,8-9,11-14H2,1H3,(H,26,29,31). The molecule has 1 aliphatic carbocycles. The maximum atomic E-state index is 13.2. The Morgan fingerprint density at radius 3 is 2.64 bits per heavy atom. The number of rotatable bonds is 9. The Kier molecular flexibility index (Phi) is 8.57. The van der Waals surface area contributed by atoms with Crippen molar-refractivity contribution in [2.75, 3.05) is 18.9 Å². The minimum Gasteiger partial charge on any atom is -0.462 e. The molecule has 1 saturated carbocycles. The van der Waals surface area contributed by atoms with Crippen molar-refractivity contribution in [3.05, 3.63) is 29.3 Å². The number of hydrogen-bond acceptors (Lipinski definition) is 7. The molecule has 2 N–H and O–H groups in total. The number of piperidine rings is 1. The van der Waals surface area contributed by atoms with Gasteiger partial charge in [-0.3, -0.25) is 29.3 Å². The molecule has 2 aliphatic rings. The first kappa shape index (κ1) is 24.4. The van der Waals surface area contributed by atoms with Crippen molar-refractivity contribution < 1.29 is 28.7 Å². The van der Waals surface area contributed by atoms with E-state index >= 15 is 0 Å². The lowest BCUT2D eigenvalue weighted by Gasteiger charge is -2.30. The van der Waals surface area contributed by atoms with Gasteiger partial charge in [-0.05, 0) is 44.6 Å². The van der Waals surface area contributed by atoms with Crippen LogP contribution in [0.4, 0.5) is 5.69 Å². The Bertz CT molecular complexity index is 909. The van der Waals surface area contributed by atoms with Gasteiger partial charge in [-0.25, -0.2) is 0 Å². The van der Waals surface area contributed by atoms with E-state index in [-0.39, 0.29) is 48.4 Å². The molecule has 0 aromatic heterocycles. The third-order valence-electron chi connectivity index (χ3n) is 6.16. The largest absolute Gasteiger partial charge is 0.462 e. The summed E-state index contributed by atoms with van der Waals surface area (Å²) in [6.45, 7) is 0.407. The summed E-state index contributed by atoms with van der Waals surface area (Å²) in [5.74, 6) is -1.61. The molecule has 33 heavy (non-hydrogen) atoms. The van der Waals surface area contributed by atoms with E-state index < -0.39 is 17.9 Å². The van der Waals surface area contributed by atoms with E-state index in [0.29, 0.717) is 24.9 Å². The number of aldehydes is 1. The monoisotopic (exact) mass is 457 g/mol. The number of hydrogen-bond donors (Lipinski definition) is 2. The number of carbonyl (C=O) groups is 5. The highest BCUT2D eigenvalue weighted by Crippen LogP contribution is 2.24. The second kappa shape index (κ2) is 11.6. The van der Waals surface area contributed by atoms with Crippen LogP contribution in [0.1, 0.15) is 78.5 Å². The zero-order valence-corrected chi connectivity index (χ0v) is 18.9. The van der Waals surface area contributed by atoms with E-state index in [2.05, 4.69) is 10.6 Å². The van der Waals surface area contributed by atoms with E-state index in [1.165, 1.54) is 24.4 Å². The molecule has 9 heteroatoms. The van der Waals surface area contributed by atoms with Crippen molar-refractivity contribution in [3.63, 3.8) is 0 Å². The Labute approximate surface area is 193 Å². The number of esters is 1. The van der Waals surface area contributed by atoms with Gasteiger partial charge < -0.3 is 15.0 Å². The Hall–Kier alpha value is -3.23. The average Bonchev–Trinajstić information content (AvgIpc) is 2.81. The smallest absolute Gasteiger partial charge is 0.306 e. The lowest BCUT2D eigenvalue weighted by atomic mass is 9.98. The quantitative estimate of drug-likeness (QED) is 0.253. The van der Waals surface area contributed by atoms with E-state index in [9.17, 15) is 24.0 Å². The molecule has 0 radical (unpaired) electrons. The minimum atomic E-state index is -0.794. The van der Waals surface area contributed by atoms with Crippen LogP contribution in [-0.2, 0) is 19.1 Å². The van der Waals surface area contributed by atoms with Crippen LogP contribution < -0.4 is 10.6 Å². The predicted octanol–water partition coefficient (Wildman–Crippen LogP) is 2.44. The lowest BCUT2D eigenvalue weighted by Crippen LogP contribution is -2.53. The molecule has 1 aromatic carbocycles. The number of amides is 3. The third kappa shape index (κ3) is 6.40. The average molecular weight is 458 g/mol. The fraction of sp³-hybridized carbons (Fsp3) is 0.542. The van der Waals surface area contributed by atoms with E-state index in [4.69, 9.17) is 4.74 Å². The highest BCUT2D eigenvalue weighted by atomic mass is 16.5. The second-order valence-electron chi connectivity index (χ2n) is 8.55. The molecule has 3 amide bonds. The van der Waals surface area contributed by atoms with Crippen LogP contribution in [0, 0.1) is 0 Å². The maximum absolute atomic E-state index is 13.2. The fourth-order valence-corrected chi connectivity index (χ4v) is 4.31. The summed E-state index contributed by atoms with van der Waals surface area (Å²) in [4.78, 5) is 61.8. The highest BCUT2D eigenvalue weighted by Gasteiger charge is 2.34. The zero-order chi connectivity index (χ0) is 23.8. The van der Waals surface area contributed by atoms with Crippen LogP contribution in [0.5, 0.6) is 0 Å². The number of likely N-dealkylation sites (N-methyl/N-ethyl adjacent to an activating group) is 1. The summed E-state index contributed by atoms with van der Waals surface area (Å²) in [5.41, 5.74) is 0.801. The number of nitrogens with one attached hydrogen (secondary N) is 2. The van der Waals surface area contributed by atoms with Gasteiger partial charge in [0, 0.05) is 37.7 Å². The van der Waals surface area contributed by atoms with Gasteiger partial charge in [0.2, 0.25) is 11.8 Å². The summed E-state index contributed by atoms with van der Waals surface area (Å²) < 4.78 is 5.52. The SMILES string of the molecule is CN(C(=O)c1c(C=O)cccc1NCCCC(=O)OC1CCCCC1)C1CCC(=O)NC1=O. The van der Waals surface area contributed by atoms with Crippen LogP contribution in [-0.4, -0.2) is 60.6 Å². The molecule has 2 fully saturated rings. The molecule has 1 aromatic rings. The van der Waals surface area contributed by atoms with Gasteiger partial charge >= 0.3 is 5.97 Å². The first-order valence-electron chi connectivity index (χ1n) is 11.5. The number of anilines is 1. The Morgan fingerprint density at radius 1 is 1.18 bits per heavy atom. The van der Waals surface area contributed by atoms with Crippen LogP contribution in [0.15, 0.2) is 18.2 Å². The van der Waals surface area contributed by atoms with Gasteiger partial charge in [0.05, 0.1) is 5.56 Å². The van der Waals surface area contributed by atoms with Gasteiger partial charge in [-0.1, -0.05) is 18.6 Å². The van der Waals surface area contributed by atoms with Crippen molar-refractivity contribution >= 4 is 35.7 Å². The fourth-order valence-electron chi connectivity index (χ4n) is 4.31. The van der Waals surface area contributed by atoms with Crippen LogP contribution in [0.3, 0.4) is 0 Å². The van der Waals surface area contributed by atoms with Crippen molar-refractivity contribution in [3.8, 4) is 0 Å². The molecule has 0 spiro atoms. The summed E-state index contributed by atoms with van der Waals surface area (Å²) >= 11 is 0.